The summed E-state index contributed by atoms with van der Waals surface area (Å²) in [6, 6.07) is 0. The molecular weight excluding hydrogens is 288 g/mol. The van der Waals surface area contributed by atoms with Crippen molar-refractivity contribution in [3.8, 4) is 0 Å². The van der Waals surface area contributed by atoms with Crippen molar-refractivity contribution in [2.75, 3.05) is 0 Å². The minimum Gasteiger partial charge on any atom is -0.0648 e. The fourth-order valence-corrected chi connectivity index (χ4v) is 9.14. The Hall–Kier alpha value is 0. The summed E-state index contributed by atoms with van der Waals surface area (Å²) in [7, 11) is 0. The topological polar surface area (TPSA) is 0 Å². The highest BCUT2D eigenvalue weighted by Gasteiger charge is 2.64. The van der Waals surface area contributed by atoms with Crippen molar-refractivity contribution in [1.29, 1.82) is 0 Å². The SMILES string of the molecule is CCC(C1CC2CCC1C2)(C1(C)CCCCC1)C1(C)CCCCC1. The monoisotopic (exact) mass is 330 g/mol. The molecule has 3 unspecified atom stereocenters. The van der Waals surface area contributed by atoms with Crippen LogP contribution in [0.2, 0.25) is 0 Å². The van der Waals surface area contributed by atoms with Gasteiger partial charge in [0, 0.05) is 0 Å². The molecule has 4 aliphatic rings. The van der Waals surface area contributed by atoms with Crippen molar-refractivity contribution in [1.82, 2.24) is 0 Å². The van der Waals surface area contributed by atoms with Crippen molar-refractivity contribution in [2.45, 2.75) is 117 Å². The smallest absolute Gasteiger partial charge is 0.0161 e. The second-order valence-corrected chi connectivity index (χ2v) is 10.8. The summed E-state index contributed by atoms with van der Waals surface area (Å²) in [5, 5.41) is 0. The van der Waals surface area contributed by atoms with Crippen LogP contribution in [0.4, 0.5) is 0 Å². The third-order valence-electron chi connectivity index (χ3n) is 10.00. The molecule has 4 aliphatic carbocycles. The van der Waals surface area contributed by atoms with E-state index in [9.17, 15) is 0 Å². The first-order valence-electron chi connectivity index (χ1n) is 11.5. The summed E-state index contributed by atoms with van der Waals surface area (Å²) in [5.74, 6) is 3.25. The summed E-state index contributed by atoms with van der Waals surface area (Å²) >= 11 is 0. The fourth-order valence-electron chi connectivity index (χ4n) is 9.14. The highest BCUT2D eigenvalue weighted by molar-refractivity contribution is 5.13. The van der Waals surface area contributed by atoms with E-state index in [0.29, 0.717) is 16.2 Å². The maximum absolute atomic E-state index is 2.77. The molecule has 0 aromatic rings. The van der Waals surface area contributed by atoms with E-state index < -0.39 is 0 Å². The molecule has 0 heterocycles. The molecular formula is C24H42. The first-order valence-corrected chi connectivity index (χ1v) is 11.5. The third-order valence-corrected chi connectivity index (χ3v) is 10.00. The van der Waals surface area contributed by atoms with Gasteiger partial charge in [0.05, 0.1) is 0 Å². The average molecular weight is 331 g/mol. The number of rotatable bonds is 4. The van der Waals surface area contributed by atoms with Crippen LogP contribution in [0.5, 0.6) is 0 Å². The van der Waals surface area contributed by atoms with E-state index in [2.05, 4.69) is 20.8 Å². The lowest BCUT2D eigenvalue weighted by Gasteiger charge is -2.65. The van der Waals surface area contributed by atoms with Gasteiger partial charge in [-0.05, 0) is 85.4 Å². The standard InChI is InChI=1S/C24H42/c1-4-24(22(2)13-7-5-8-14-22,23(3)15-9-6-10-16-23)21-18-19-11-12-20(21)17-19/h19-21H,4-18H2,1-3H3. The Kier molecular flexibility index (Phi) is 4.58. The Balaban J connectivity index is 1.78. The summed E-state index contributed by atoms with van der Waals surface area (Å²) in [6.07, 6.45) is 23.0. The zero-order valence-electron chi connectivity index (χ0n) is 16.8. The van der Waals surface area contributed by atoms with Gasteiger partial charge in [-0.15, -0.1) is 0 Å². The summed E-state index contributed by atoms with van der Waals surface area (Å²) in [4.78, 5) is 0. The zero-order valence-corrected chi connectivity index (χ0v) is 16.8. The average Bonchev–Trinajstić information content (AvgIpc) is 3.20. The Morgan fingerprint density at radius 1 is 0.750 bits per heavy atom. The maximum Gasteiger partial charge on any atom is -0.0161 e. The van der Waals surface area contributed by atoms with Gasteiger partial charge >= 0.3 is 0 Å². The van der Waals surface area contributed by atoms with Gasteiger partial charge in [0.15, 0.2) is 0 Å². The number of fused-ring (bicyclic) bond motifs is 2. The number of hydrogen-bond acceptors (Lipinski definition) is 0. The van der Waals surface area contributed by atoms with Gasteiger partial charge in [-0.2, -0.15) is 0 Å². The third kappa shape index (κ3) is 2.37. The van der Waals surface area contributed by atoms with Crippen LogP contribution in [-0.4, -0.2) is 0 Å². The molecule has 4 saturated carbocycles. The second-order valence-electron chi connectivity index (χ2n) is 10.8. The van der Waals surface area contributed by atoms with E-state index in [1.807, 2.05) is 0 Å². The molecule has 0 aromatic carbocycles. The molecule has 0 aliphatic heterocycles. The van der Waals surface area contributed by atoms with Gasteiger partial charge in [0.1, 0.15) is 0 Å². The molecule has 0 N–H and O–H groups in total. The van der Waals surface area contributed by atoms with E-state index in [-0.39, 0.29) is 0 Å². The second kappa shape index (κ2) is 6.31. The van der Waals surface area contributed by atoms with E-state index in [1.54, 1.807) is 25.7 Å². The van der Waals surface area contributed by atoms with E-state index in [0.717, 1.165) is 17.8 Å². The molecule has 0 spiro atoms. The van der Waals surface area contributed by atoms with Crippen LogP contribution in [0.25, 0.3) is 0 Å². The minimum atomic E-state index is 0.626. The predicted octanol–water partition coefficient (Wildman–Crippen LogP) is 7.76. The van der Waals surface area contributed by atoms with Crippen molar-refractivity contribution in [3.05, 3.63) is 0 Å². The Morgan fingerprint density at radius 2 is 1.29 bits per heavy atom. The lowest BCUT2D eigenvalue weighted by molar-refractivity contribution is -0.165. The lowest BCUT2D eigenvalue weighted by atomic mass is 9.39. The first-order chi connectivity index (χ1) is 11.5. The highest BCUT2D eigenvalue weighted by atomic mass is 14.7. The van der Waals surface area contributed by atoms with Crippen LogP contribution in [0.1, 0.15) is 117 Å². The van der Waals surface area contributed by atoms with E-state index >= 15 is 0 Å². The Bertz CT molecular complexity index is 411. The van der Waals surface area contributed by atoms with E-state index in [1.165, 1.54) is 70.6 Å². The van der Waals surface area contributed by atoms with Gasteiger partial charge in [-0.3, -0.25) is 0 Å². The Morgan fingerprint density at radius 3 is 1.67 bits per heavy atom. The molecule has 2 bridgehead atoms. The van der Waals surface area contributed by atoms with Crippen LogP contribution in [0.3, 0.4) is 0 Å². The number of hydrogen-bond donors (Lipinski definition) is 0. The van der Waals surface area contributed by atoms with Crippen LogP contribution >= 0.6 is 0 Å². The Labute approximate surface area is 151 Å². The summed E-state index contributed by atoms with van der Waals surface area (Å²) in [5.41, 5.74) is 1.89. The molecule has 0 heteroatoms. The fraction of sp³-hybridized carbons (Fsp3) is 1.00. The largest absolute Gasteiger partial charge is 0.0648 e. The van der Waals surface area contributed by atoms with Crippen molar-refractivity contribution in [3.63, 3.8) is 0 Å². The quantitative estimate of drug-likeness (QED) is 0.494. The van der Waals surface area contributed by atoms with Gasteiger partial charge < -0.3 is 0 Å². The molecule has 0 amide bonds. The molecule has 4 fully saturated rings. The molecule has 0 aromatic heterocycles. The van der Waals surface area contributed by atoms with Crippen LogP contribution in [0.15, 0.2) is 0 Å². The summed E-state index contributed by atoms with van der Waals surface area (Å²) in [6.45, 7) is 8.13. The molecule has 3 atom stereocenters. The van der Waals surface area contributed by atoms with Crippen LogP contribution < -0.4 is 0 Å². The normalized spacial score (nSPS) is 38.4. The molecule has 0 saturated heterocycles. The lowest BCUT2D eigenvalue weighted by Crippen LogP contribution is -2.58. The van der Waals surface area contributed by atoms with Crippen molar-refractivity contribution < 1.29 is 0 Å². The van der Waals surface area contributed by atoms with E-state index in [4.69, 9.17) is 0 Å². The van der Waals surface area contributed by atoms with Crippen LogP contribution in [0, 0.1) is 34.0 Å². The minimum absolute atomic E-state index is 0.626. The van der Waals surface area contributed by atoms with Gasteiger partial charge in [0.25, 0.3) is 0 Å². The maximum atomic E-state index is 2.77. The predicted molar refractivity (Wildman–Crippen MR) is 104 cm³/mol. The molecule has 24 heavy (non-hydrogen) atoms. The molecule has 138 valence electrons. The zero-order chi connectivity index (χ0) is 16.8. The van der Waals surface area contributed by atoms with Gasteiger partial charge in [0.2, 0.25) is 0 Å². The van der Waals surface area contributed by atoms with Crippen molar-refractivity contribution >= 4 is 0 Å². The van der Waals surface area contributed by atoms with Crippen LogP contribution in [-0.2, 0) is 0 Å². The van der Waals surface area contributed by atoms with Crippen molar-refractivity contribution in [2.24, 2.45) is 34.0 Å². The van der Waals surface area contributed by atoms with Gasteiger partial charge in [-0.1, -0.05) is 65.7 Å². The molecule has 0 radical (unpaired) electrons. The molecule has 4 rings (SSSR count). The molecule has 0 nitrogen and oxygen atoms in total. The highest BCUT2D eigenvalue weighted by Crippen LogP contribution is 2.72. The first kappa shape index (κ1) is 17.4. The summed E-state index contributed by atoms with van der Waals surface area (Å²) < 4.78 is 0. The van der Waals surface area contributed by atoms with Gasteiger partial charge in [-0.25, -0.2) is 0 Å².